The molecule has 0 atom stereocenters. The van der Waals surface area contributed by atoms with Crippen LogP contribution in [0, 0.1) is 5.92 Å². The molecular formula is C18H35N3O3. The lowest BCUT2D eigenvalue weighted by Gasteiger charge is -2.28. The lowest BCUT2D eigenvalue weighted by atomic mass is 9.87. The number of rotatable bonds is 9. The number of aliphatic hydroxyl groups excluding tert-OH is 1. The minimum absolute atomic E-state index is 0.0261. The third-order valence-electron chi connectivity index (χ3n) is 5.22. The number of amides is 2. The van der Waals surface area contributed by atoms with E-state index in [1.165, 1.54) is 32.1 Å². The number of carbonyl (C=O) groups excluding carboxylic acids is 1. The van der Waals surface area contributed by atoms with Gasteiger partial charge in [-0.05, 0) is 25.3 Å². The van der Waals surface area contributed by atoms with Crippen molar-refractivity contribution in [3.63, 3.8) is 0 Å². The lowest BCUT2D eigenvalue weighted by Crippen LogP contribution is -2.43. The van der Waals surface area contributed by atoms with E-state index in [0.29, 0.717) is 13.1 Å². The maximum atomic E-state index is 12.3. The Labute approximate surface area is 146 Å². The summed E-state index contributed by atoms with van der Waals surface area (Å²) in [7, 11) is 0. The van der Waals surface area contributed by atoms with Crippen molar-refractivity contribution in [2.24, 2.45) is 5.92 Å². The summed E-state index contributed by atoms with van der Waals surface area (Å²) in [6, 6.07) is -0.0261. The van der Waals surface area contributed by atoms with Gasteiger partial charge in [0.05, 0.1) is 19.8 Å². The number of carbonyl (C=O) groups is 1. The molecule has 0 aromatic rings. The van der Waals surface area contributed by atoms with Gasteiger partial charge in [-0.15, -0.1) is 0 Å². The second kappa shape index (κ2) is 11.7. The summed E-state index contributed by atoms with van der Waals surface area (Å²) in [4.78, 5) is 16.5. The number of ether oxygens (including phenoxy) is 1. The summed E-state index contributed by atoms with van der Waals surface area (Å²) in [6.07, 6.45) is 8.65. The normalized spacial score (nSPS) is 20.0. The van der Waals surface area contributed by atoms with Gasteiger partial charge in [0.25, 0.3) is 0 Å². The van der Waals surface area contributed by atoms with Crippen molar-refractivity contribution < 1.29 is 14.6 Å². The van der Waals surface area contributed by atoms with Gasteiger partial charge in [0.2, 0.25) is 0 Å². The molecule has 0 spiro atoms. The SMILES string of the molecule is O=C(NCCCN1CCOCC1)N(CCO)CCC1CCCCC1. The van der Waals surface area contributed by atoms with E-state index in [9.17, 15) is 9.90 Å². The molecule has 0 aromatic carbocycles. The van der Waals surface area contributed by atoms with E-state index in [-0.39, 0.29) is 12.6 Å². The highest BCUT2D eigenvalue weighted by Crippen LogP contribution is 2.26. The number of nitrogens with zero attached hydrogens (tertiary/aromatic N) is 2. The van der Waals surface area contributed by atoms with Crippen LogP contribution < -0.4 is 5.32 Å². The molecule has 0 bridgehead atoms. The highest BCUT2D eigenvalue weighted by molar-refractivity contribution is 5.74. The Bertz CT molecular complexity index is 342. The van der Waals surface area contributed by atoms with E-state index in [0.717, 1.165) is 58.2 Å². The molecule has 2 N–H and O–H groups in total. The second-order valence-corrected chi connectivity index (χ2v) is 7.04. The molecule has 0 aromatic heterocycles. The van der Waals surface area contributed by atoms with Crippen LogP contribution in [0.1, 0.15) is 44.9 Å². The third kappa shape index (κ3) is 7.36. The fraction of sp³-hybridized carbons (Fsp3) is 0.944. The van der Waals surface area contributed by atoms with Crippen molar-refractivity contribution in [1.29, 1.82) is 0 Å². The van der Waals surface area contributed by atoms with E-state index < -0.39 is 0 Å². The molecule has 2 amide bonds. The number of urea groups is 1. The summed E-state index contributed by atoms with van der Waals surface area (Å²) in [6.45, 7) is 6.55. The Morgan fingerprint density at radius 2 is 1.92 bits per heavy atom. The van der Waals surface area contributed by atoms with Gasteiger partial charge >= 0.3 is 6.03 Å². The van der Waals surface area contributed by atoms with Crippen LogP contribution in [0.25, 0.3) is 0 Å². The van der Waals surface area contributed by atoms with Gasteiger partial charge in [-0.25, -0.2) is 4.79 Å². The quantitative estimate of drug-likeness (QED) is 0.626. The molecule has 2 aliphatic rings. The Kier molecular flexibility index (Phi) is 9.46. The van der Waals surface area contributed by atoms with E-state index in [4.69, 9.17) is 4.74 Å². The van der Waals surface area contributed by atoms with Crippen molar-refractivity contribution >= 4 is 6.03 Å². The smallest absolute Gasteiger partial charge is 0.317 e. The molecule has 1 aliphatic heterocycles. The Morgan fingerprint density at radius 3 is 2.62 bits per heavy atom. The molecule has 140 valence electrons. The summed E-state index contributed by atoms with van der Waals surface area (Å²) >= 11 is 0. The van der Waals surface area contributed by atoms with E-state index >= 15 is 0 Å². The third-order valence-corrected chi connectivity index (χ3v) is 5.22. The van der Waals surface area contributed by atoms with Crippen LogP contribution in [-0.4, -0.2) is 80.0 Å². The van der Waals surface area contributed by atoms with Gasteiger partial charge in [-0.2, -0.15) is 0 Å². The average Bonchev–Trinajstić information content (AvgIpc) is 2.64. The minimum Gasteiger partial charge on any atom is -0.395 e. The van der Waals surface area contributed by atoms with Crippen LogP contribution in [-0.2, 0) is 4.74 Å². The van der Waals surface area contributed by atoms with Crippen molar-refractivity contribution in [1.82, 2.24) is 15.1 Å². The first-order chi connectivity index (χ1) is 11.8. The molecule has 24 heavy (non-hydrogen) atoms. The zero-order valence-corrected chi connectivity index (χ0v) is 15.0. The van der Waals surface area contributed by atoms with E-state index in [1.54, 1.807) is 4.90 Å². The fourth-order valence-corrected chi connectivity index (χ4v) is 3.68. The second-order valence-electron chi connectivity index (χ2n) is 7.04. The van der Waals surface area contributed by atoms with Crippen LogP contribution in [0.15, 0.2) is 0 Å². The van der Waals surface area contributed by atoms with Crippen LogP contribution in [0.5, 0.6) is 0 Å². The first-order valence-corrected chi connectivity index (χ1v) is 9.73. The summed E-state index contributed by atoms with van der Waals surface area (Å²) in [5, 5.41) is 12.2. The molecular weight excluding hydrogens is 306 g/mol. The van der Waals surface area contributed by atoms with Crippen molar-refractivity contribution in [2.45, 2.75) is 44.9 Å². The number of hydrogen-bond donors (Lipinski definition) is 2. The molecule has 1 heterocycles. The van der Waals surface area contributed by atoms with E-state index in [2.05, 4.69) is 10.2 Å². The zero-order chi connectivity index (χ0) is 17.0. The van der Waals surface area contributed by atoms with Crippen LogP contribution in [0.4, 0.5) is 4.79 Å². The molecule has 1 aliphatic carbocycles. The average molecular weight is 341 g/mol. The minimum atomic E-state index is -0.0261. The zero-order valence-electron chi connectivity index (χ0n) is 15.0. The number of hydrogen-bond acceptors (Lipinski definition) is 4. The largest absolute Gasteiger partial charge is 0.395 e. The Hall–Kier alpha value is -0.850. The standard InChI is InChI=1S/C18H35N3O3/c22-14-11-21(10-7-17-5-2-1-3-6-17)18(23)19-8-4-9-20-12-15-24-16-13-20/h17,22H,1-16H2,(H,19,23). The summed E-state index contributed by atoms with van der Waals surface area (Å²) in [5.41, 5.74) is 0. The molecule has 0 unspecified atom stereocenters. The van der Waals surface area contributed by atoms with Crippen LogP contribution in [0.3, 0.4) is 0 Å². The van der Waals surface area contributed by atoms with Gasteiger partial charge in [-0.1, -0.05) is 32.1 Å². The van der Waals surface area contributed by atoms with Crippen molar-refractivity contribution in [2.75, 3.05) is 59.1 Å². The fourth-order valence-electron chi connectivity index (χ4n) is 3.68. The topological polar surface area (TPSA) is 65.0 Å². The number of aliphatic hydroxyl groups is 1. The molecule has 0 radical (unpaired) electrons. The van der Waals surface area contributed by atoms with E-state index in [1.807, 2.05) is 0 Å². The van der Waals surface area contributed by atoms with Gasteiger partial charge in [0, 0.05) is 32.7 Å². The van der Waals surface area contributed by atoms with Crippen molar-refractivity contribution in [3.8, 4) is 0 Å². The Morgan fingerprint density at radius 1 is 1.17 bits per heavy atom. The monoisotopic (exact) mass is 341 g/mol. The molecule has 6 nitrogen and oxygen atoms in total. The summed E-state index contributed by atoms with van der Waals surface area (Å²) < 4.78 is 5.34. The first-order valence-electron chi connectivity index (χ1n) is 9.73. The first kappa shape index (κ1) is 19.5. The lowest BCUT2D eigenvalue weighted by molar-refractivity contribution is 0.0375. The highest BCUT2D eigenvalue weighted by Gasteiger charge is 2.18. The van der Waals surface area contributed by atoms with Gasteiger partial charge in [0.15, 0.2) is 0 Å². The molecule has 2 rings (SSSR count). The predicted molar refractivity (Wildman–Crippen MR) is 95.1 cm³/mol. The highest BCUT2D eigenvalue weighted by atomic mass is 16.5. The molecule has 2 fully saturated rings. The predicted octanol–water partition coefficient (Wildman–Crippen LogP) is 1.68. The Balaban J connectivity index is 1.60. The molecule has 1 saturated carbocycles. The number of nitrogens with one attached hydrogen (secondary N) is 1. The van der Waals surface area contributed by atoms with Gasteiger partial charge < -0.3 is 20.1 Å². The molecule has 1 saturated heterocycles. The van der Waals surface area contributed by atoms with Crippen LogP contribution in [0.2, 0.25) is 0 Å². The summed E-state index contributed by atoms with van der Waals surface area (Å²) in [5.74, 6) is 0.758. The molecule has 6 heteroatoms. The van der Waals surface area contributed by atoms with Gasteiger partial charge in [-0.3, -0.25) is 4.90 Å². The van der Waals surface area contributed by atoms with Gasteiger partial charge in [0.1, 0.15) is 0 Å². The maximum Gasteiger partial charge on any atom is 0.317 e. The maximum absolute atomic E-state index is 12.3. The van der Waals surface area contributed by atoms with Crippen LogP contribution >= 0.6 is 0 Å². The van der Waals surface area contributed by atoms with Crippen molar-refractivity contribution in [3.05, 3.63) is 0 Å². The number of morpholine rings is 1.